The van der Waals surface area contributed by atoms with Crippen LogP contribution in [0.5, 0.6) is 0 Å². The molecule has 0 saturated carbocycles. The number of halogens is 6. The van der Waals surface area contributed by atoms with Crippen molar-refractivity contribution in [3.63, 3.8) is 0 Å². The zero-order chi connectivity index (χ0) is 29.0. The summed E-state index contributed by atoms with van der Waals surface area (Å²) in [7, 11) is -4.20. The van der Waals surface area contributed by atoms with E-state index in [-0.39, 0.29) is 42.5 Å². The largest absolute Gasteiger partial charge is 0.416 e. The molecule has 1 saturated heterocycles. The van der Waals surface area contributed by atoms with Crippen molar-refractivity contribution in [2.45, 2.75) is 48.7 Å². The van der Waals surface area contributed by atoms with E-state index < -0.39 is 60.2 Å². The molecule has 1 amide bonds. The highest BCUT2D eigenvalue weighted by Gasteiger charge is 2.45. The van der Waals surface area contributed by atoms with Crippen LogP contribution >= 0.6 is 0 Å². The molecular formula is C26H24F6N2O4S. The molecule has 1 aliphatic rings. The summed E-state index contributed by atoms with van der Waals surface area (Å²) in [4.78, 5) is 29.1. The summed E-state index contributed by atoms with van der Waals surface area (Å²) in [6, 6.07) is 7.11. The fourth-order valence-electron chi connectivity index (χ4n) is 4.85. The topological polar surface area (TPSA) is 87.3 Å². The monoisotopic (exact) mass is 574 g/mol. The number of nitrogens with one attached hydrogen (secondary N) is 1. The SMILES string of the molecule is CC(C)(C1CCN(C(=O)c2cc(=O)c3ccc(C(F)(F)F)cc3[nH]2)CC1)S(=O)(=O)c1cccc(C(F)(F)F)c1. The Bertz CT molecular complexity index is 1580. The predicted molar refractivity (Wildman–Crippen MR) is 131 cm³/mol. The smallest absolute Gasteiger partial charge is 0.350 e. The summed E-state index contributed by atoms with van der Waals surface area (Å²) in [6.07, 6.45) is -8.95. The van der Waals surface area contributed by atoms with E-state index in [2.05, 4.69) is 4.98 Å². The second-order valence-corrected chi connectivity index (χ2v) is 12.5. The van der Waals surface area contributed by atoms with E-state index in [0.29, 0.717) is 6.07 Å². The lowest BCUT2D eigenvalue weighted by molar-refractivity contribution is -0.138. The van der Waals surface area contributed by atoms with Crippen LogP contribution in [0.25, 0.3) is 10.9 Å². The van der Waals surface area contributed by atoms with Crippen LogP contribution in [0.15, 0.2) is 58.2 Å². The number of carbonyl (C=O) groups is 1. The van der Waals surface area contributed by atoms with Gasteiger partial charge >= 0.3 is 12.4 Å². The second kappa shape index (κ2) is 9.68. The molecule has 1 aromatic heterocycles. The van der Waals surface area contributed by atoms with Crippen LogP contribution < -0.4 is 5.43 Å². The molecule has 1 fully saturated rings. The number of hydrogen-bond acceptors (Lipinski definition) is 4. The summed E-state index contributed by atoms with van der Waals surface area (Å²) in [5.74, 6) is -1.14. The van der Waals surface area contributed by atoms with E-state index in [1.165, 1.54) is 18.7 Å². The minimum atomic E-state index is -4.71. The normalized spacial score (nSPS) is 16.1. The fourth-order valence-corrected chi connectivity index (χ4v) is 6.68. The Morgan fingerprint density at radius 1 is 0.897 bits per heavy atom. The number of pyridine rings is 1. The molecule has 0 spiro atoms. The van der Waals surface area contributed by atoms with Gasteiger partial charge in [-0.05, 0) is 69.0 Å². The Balaban J connectivity index is 1.54. The van der Waals surface area contributed by atoms with Crippen molar-refractivity contribution >= 4 is 26.6 Å². The summed E-state index contributed by atoms with van der Waals surface area (Å²) in [6.45, 7) is 3.02. The molecule has 0 bridgehead atoms. The Labute approximate surface area is 219 Å². The number of benzene rings is 2. The fraction of sp³-hybridized carbons (Fsp3) is 0.385. The Morgan fingerprint density at radius 2 is 1.49 bits per heavy atom. The molecular weight excluding hydrogens is 550 g/mol. The van der Waals surface area contributed by atoms with E-state index in [9.17, 15) is 44.3 Å². The lowest BCUT2D eigenvalue weighted by atomic mass is 9.85. The Hall–Kier alpha value is -3.35. The van der Waals surface area contributed by atoms with Crippen molar-refractivity contribution in [1.29, 1.82) is 0 Å². The molecule has 2 aromatic carbocycles. The first-order chi connectivity index (χ1) is 17.9. The van der Waals surface area contributed by atoms with Crippen molar-refractivity contribution in [2.24, 2.45) is 5.92 Å². The van der Waals surface area contributed by atoms with Crippen LogP contribution in [-0.4, -0.2) is 42.0 Å². The highest BCUT2D eigenvalue weighted by molar-refractivity contribution is 7.92. The first kappa shape index (κ1) is 28.7. The number of fused-ring (bicyclic) bond motifs is 1. The molecule has 0 atom stereocenters. The van der Waals surface area contributed by atoms with Crippen LogP contribution in [0.3, 0.4) is 0 Å². The third-order valence-electron chi connectivity index (χ3n) is 7.32. The van der Waals surface area contributed by atoms with E-state index in [4.69, 9.17) is 0 Å². The van der Waals surface area contributed by atoms with Gasteiger partial charge in [0, 0.05) is 24.5 Å². The lowest BCUT2D eigenvalue weighted by Crippen LogP contribution is -2.47. The van der Waals surface area contributed by atoms with Gasteiger partial charge in [0.2, 0.25) is 0 Å². The van der Waals surface area contributed by atoms with E-state index in [0.717, 1.165) is 42.5 Å². The number of sulfone groups is 1. The molecule has 13 heteroatoms. The summed E-state index contributed by atoms with van der Waals surface area (Å²) in [5.41, 5.74) is -3.05. The number of likely N-dealkylation sites (tertiary alicyclic amines) is 1. The number of piperidine rings is 1. The molecule has 1 aliphatic heterocycles. The summed E-state index contributed by atoms with van der Waals surface area (Å²) >= 11 is 0. The molecule has 1 N–H and O–H groups in total. The molecule has 2 heterocycles. The van der Waals surface area contributed by atoms with Gasteiger partial charge in [-0.25, -0.2) is 8.42 Å². The van der Waals surface area contributed by atoms with E-state index >= 15 is 0 Å². The second-order valence-electron chi connectivity index (χ2n) is 10.0. The van der Waals surface area contributed by atoms with Crippen LogP contribution in [0.1, 0.15) is 48.3 Å². The number of amides is 1. The number of alkyl halides is 6. The highest BCUT2D eigenvalue weighted by Crippen LogP contribution is 2.40. The molecule has 4 rings (SSSR count). The van der Waals surface area contributed by atoms with Gasteiger partial charge in [0.05, 0.1) is 26.3 Å². The van der Waals surface area contributed by atoms with Crippen LogP contribution in [-0.2, 0) is 22.2 Å². The minimum absolute atomic E-state index is 0.0141. The Morgan fingerprint density at radius 3 is 2.08 bits per heavy atom. The van der Waals surface area contributed by atoms with Crippen molar-refractivity contribution in [1.82, 2.24) is 9.88 Å². The maximum absolute atomic E-state index is 13.4. The average molecular weight is 575 g/mol. The van der Waals surface area contributed by atoms with Crippen LogP contribution in [0.2, 0.25) is 0 Å². The van der Waals surface area contributed by atoms with Gasteiger partial charge in [-0.3, -0.25) is 9.59 Å². The third-order valence-corrected chi connectivity index (χ3v) is 9.91. The summed E-state index contributed by atoms with van der Waals surface area (Å²) < 4.78 is 104. The van der Waals surface area contributed by atoms with E-state index in [1.54, 1.807) is 0 Å². The van der Waals surface area contributed by atoms with Gasteiger partial charge in [-0.15, -0.1) is 0 Å². The van der Waals surface area contributed by atoms with Gasteiger partial charge in [-0.2, -0.15) is 26.3 Å². The van der Waals surface area contributed by atoms with Gasteiger partial charge in [0.15, 0.2) is 15.3 Å². The number of H-pyrrole nitrogens is 1. The lowest BCUT2D eigenvalue weighted by Gasteiger charge is -2.40. The standard InChI is InChI=1S/C26H24F6N2O4S/c1-24(2,39(37,38)18-5-3-4-16(12-18)25(27,28)29)15-8-10-34(11-9-15)23(36)21-14-22(35)19-7-6-17(26(30,31)32)13-20(19)33-21/h3-7,12-15H,8-11H2,1-2H3,(H,33,35). The van der Waals surface area contributed by atoms with Gasteiger partial charge in [0.25, 0.3) is 5.91 Å². The number of aromatic amines is 1. The van der Waals surface area contributed by atoms with Crippen LogP contribution in [0, 0.1) is 5.92 Å². The maximum Gasteiger partial charge on any atom is 0.416 e. The van der Waals surface area contributed by atoms with Gasteiger partial charge in [0.1, 0.15) is 5.69 Å². The predicted octanol–water partition coefficient (Wildman–Crippen LogP) is 5.67. The zero-order valence-electron chi connectivity index (χ0n) is 20.8. The minimum Gasteiger partial charge on any atom is -0.350 e. The maximum atomic E-state index is 13.4. The zero-order valence-corrected chi connectivity index (χ0v) is 21.6. The quantitative estimate of drug-likeness (QED) is 0.407. The van der Waals surface area contributed by atoms with Crippen molar-refractivity contribution in [3.8, 4) is 0 Å². The number of carbonyl (C=O) groups excluding carboxylic acids is 1. The first-order valence-corrected chi connectivity index (χ1v) is 13.4. The summed E-state index contributed by atoms with van der Waals surface area (Å²) in [5, 5.41) is -0.0141. The molecule has 6 nitrogen and oxygen atoms in total. The Kier molecular flexibility index (Phi) is 7.12. The highest BCUT2D eigenvalue weighted by atomic mass is 32.2. The van der Waals surface area contributed by atoms with Crippen molar-refractivity contribution < 1.29 is 39.6 Å². The number of rotatable bonds is 4. The molecule has 0 aliphatic carbocycles. The third kappa shape index (κ3) is 5.41. The van der Waals surface area contributed by atoms with Crippen molar-refractivity contribution in [2.75, 3.05) is 13.1 Å². The first-order valence-electron chi connectivity index (χ1n) is 11.9. The average Bonchev–Trinajstić information content (AvgIpc) is 2.87. The van der Waals surface area contributed by atoms with Crippen molar-refractivity contribution in [3.05, 3.63) is 75.6 Å². The van der Waals surface area contributed by atoms with E-state index in [1.807, 2.05) is 0 Å². The molecule has 3 aromatic rings. The van der Waals surface area contributed by atoms with Crippen LogP contribution in [0.4, 0.5) is 26.3 Å². The molecule has 39 heavy (non-hydrogen) atoms. The molecule has 210 valence electrons. The number of nitrogens with zero attached hydrogens (tertiary/aromatic N) is 1. The number of hydrogen-bond donors (Lipinski definition) is 1. The van der Waals surface area contributed by atoms with Gasteiger partial charge in [-0.1, -0.05) is 6.07 Å². The molecule has 0 radical (unpaired) electrons. The number of aromatic nitrogens is 1. The molecule has 0 unspecified atom stereocenters. The van der Waals surface area contributed by atoms with Gasteiger partial charge < -0.3 is 9.88 Å².